The lowest BCUT2D eigenvalue weighted by atomic mass is 10.1. The van der Waals surface area contributed by atoms with E-state index in [1.807, 2.05) is 12.1 Å². The molecule has 148 valence electrons. The first kappa shape index (κ1) is 20.8. The Kier molecular flexibility index (Phi) is 6.86. The highest BCUT2D eigenvalue weighted by molar-refractivity contribution is 6.36. The number of carbonyl (C=O) groups excluding carboxylic acids is 2. The summed E-state index contributed by atoms with van der Waals surface area (Å²) in [6, 6.07) is 15.1. The van der Waals surface area contributed by atoms with Gasteiger partial charge in [0.05, 0.1) is 29.3 Å². The molecule has 0 unspecified atom stereocenters. The summed E-state index contributed by atoms with van der Waals surface area (Å²) in [5, 5.41) is 0.724. The largest absolute Gasteiger partial charge is 0.462 e. The van der Waals surface area contributed by atoms with Crippen molar-refractivity contribution in [3.8, 4) is 0 Å². The summed E-state index contributed by atoms with van der Waals surface area (Å²) < 4.78 is 5.01. The van der Waals surface area contributed by atoms with Crippen LogP contribution in [0, 0.1) is 0 Å². The van der Waals surface area contributed by atoms with Crippen molar-refractivity contribution in [3.63, 3.8) is 0 Å². The molecular formula is C22H18Cl2N2O3. The molecule has 2 aromatic carbocycles. The SMILES string of the molecule is CCOC(=O)c1ccc(N(Cc2ccncc2)C(=O)c2cc(Cl)ccc2Cl)cc1. The van der Waals surface area contributed by atoms with Crippen LogP contribution in [0.15, 0.2) is 67.0 Å². The van der Waals surface area contributed by atoms with Crippen molar-refractivity contribution in [3.05, 3.63) is 93.7 Å². The molecule has 0 N–H and O–H groups in total. The second-order valence-electron chi connectivity index (χ2n) is 6.14. The lowest BCUT2D eigenvalue weighted by Gasteiger charge is -2.24. The van der Waals surface area contributed by atoms with Gasteiger partial charge in [-0.05, 0) is 67.1 Å². The van der Waals surface area contributed by atoms with Gasteiger partial charge in [0.25, 0.3) is 5.91 Å². The van der Waals surface area contributed by atoms with Gasteiger partial charge in [-0.15, -0.1) is 0 Å². The summed E-state index contributed by atoms with van der Waals surface area (Å²) in [6.07, 6.45) is 3.32. The molecule has 0 aliphatic heterocycles. The maximum Gasteiger partial charge on any atom is 0.338 e. The molecule has 0 spiro atoms. The number of esters is 1. The summed E-state index contributed by atoms with van der Waals surface area (Å²) in [4.78, 5) is 30.8. The van der Waals surface area contributed by atoms with Gasteiger partial charge in [-0.1, -0.05) is 23.2 Å². The van der Waals surface area contributed by atoms with E-state index in [-0.39, 0.29) is 5.91 Å². The third-order valence-electron chi connectivity index (χ3n) is 4.18. The van der Waals surface area contributed by atoms with Crippen LogP contribution >= 0.6 is 23.2 Å². The Balaban J connectivity index is 1.98. The normalized spacial score (nSPS) is 10.4. The van der Waals surface area contributed by atoms with Crippen molar-refractivity contribution >= 4 is 40.8 Å². The Morgan fingerprint density at radius 3 is 2.34 bits per heavy atom. The zero-order valence-electron chi connectivity index (χ0n) is 15.6. The van der Waals surface area contributed by atoms with Crippen LogP contribution in [-0.4, -0.2) is 23.5 Å². The van der Waals surface area contributed by atoms with Gasteiger partial charge in [0.1, 0.15) is 0 Å². The van der Waals surface area contributed by atoms with Gasteiger partial charge in [-0.3, -0.25) is 9.78 Å². The van der Waals surface area contributed by atoms with Crippen molar-refractivity contribution in [2.24, 2.45) is 0 Å². The molecule has 1 amide bonds. The summed E-state index contributed by atoms with van der Waals surface area (Å²) in [5.41, 5.74) is 2.20. The van der Waals surface area contributed by atoms with Crippen LogP contribution in [0.2, 0.25) is 10.0 Å². The Hall–Kier alpha value is -2.89. The fourth-order valence-electron chi connectivity index (χ4n) is 2.75. The molecule has 7 heteroatoms. The van der Waals surface area contributed by atoms with Gasteiger partial charge in [-0.25, -0.2) is 4.79 Å². The number of nitrogens with zero attached hydrogens (tertiary/aromatic N) is 2. The molecule has 0 fully saturated rings. The van der Waals surface area contributed by atoms with Gasteiger partial charge in [0, 0.05) is 23.1 Å². The van der Waals surface area contributed by atoms with Gasteiger partial charge in [-0.2, -0.15) is 0 Å². The third kappa shape index (κ3) is 5.13. The Morgan fingerprint density at radius 2 is 1.69 bits per heavy atom. The van der Waals surface area contributed by atoms with Crippen molar-refractivity contribution < 1.29 is 14.3 Å². The van der Waals surface area contributed by atoms with Gasteiger partial charge in [0.2, 0.25) is 0 Å². The first-order chi connectivity index (χ1) is 14.0. The standard InChI is InChI=1S/C22H18Cl2N2O3/c1-2-29-22(28)16-3-6-18(7-4-16)26(14-15-9-11-25-12-10-15)21(27)19-13-17(23)5-8-20(19)24/h3-13H,2,14H2,1H3. The first-order valence-electron chi connectivity index (χ1n) is 8.92. The molecular weight excluding hydrogens is 411 g/mol. The Labute approximate surface area is 178 Å². The minimum absolute atomic E-state index is 0.292. The minimum Gasteiger partial charge on any atom is -0.462 e. The Bertz CT molecular complexity index is 1010. The number of hydrogen-bond acceptors (Lipinski definition) is 4. The summed E-state index contributed by atoms with van der Waals surface area (Å²) >= 11 is 12.3. The molecule has 0 saturated carbocycles. The minimum atomic E-state index is -0.413. The second kappa shape index (κ2) is 9.54. The van der Waals surface area contributed by atoms with Gasteiger partial charge < -0.3 is 9.64 Å². The number of hydrogen-bond donors (Lipinski definition) is 0. The van der Waals surface area contributed by atoms with Crippen LogP contribution in [-0.2, 0) is 11.3 Å². The molecule has 5 nitrogen and oxygen atoms in total. The van der Waals surface area contributed by atoms with Gasteiger partial charge >= 0.3 is 5.97 Å². The molecule has 0 aliphatic rings. The van der Waals surface area contributed by atoms with E-state index in [4.69, 9.17) is 27.9 Å². The number of rotatable bonds is 6. The smallest absolute Gasteiger partial charge is 0.338 e. The van der Waals surface area contributed by atoms with E-state index in [9.17, 15) is 9.59 Å². The predicted octanol–water partition coefficient (Wildman–Crippen LogP) is 5.41. The topological polar surface area (TPSA) is 59.5 Å². The molecule has 0 atom stereocenters. The van der Waals surface area contributed by atoms with Crippen LogP contribution < -0.4 is 4.90 Å². The molecule has 0 bridgehead atoms. The molecule has 0 saturated heterocycles. The lowest BCUT2D eigenvalue weighted by molar-refractivity contribution is 0.0526. The van der Waals surface area contributed by atoms with E-state index in [0.29, 0.717) is 40.0 Å². The number of carbonyl (C=O) groups is 2. The fraction of sp³-hybridized carbons (Fsp3) is 0.136. The van der Waals surface area contributed by atoms with Crippen LogP contribution in [0.4, 0.5) is 5.69 Å². The van der Waals surface area contributed by atoms with E-state index in [2.05, 4.69) is 4.98 Å². The summed E-state index contributed by atoms with van der Waals surface area (Å²) in [7, 11) is 0. The van der Waals surface area contributed by atoms with Crippen LogP contribution in [0.25, 0.3) is 0 Å². The van der Waals surface area contributed by atoms with Crippen molar-refractivity contribution in [2.45, 2.75) is 13.5 Å². The number of ether oxygens (including phenoxy) is 1. The molecule has 29 heavy (non-hydrogen) atoms. The van der Waals surface area contributed by atoms with Crippen LogP contribution in [0.3, 0.4) is 0 Å². The first-order valence-corrected chi connectivity index (χ1v) is 9.68. The highest BCUT2D eigenvalue weighted by Crippen LogP contribution is 2.26. The van der Waals surface area contributed by atoms with E-state index < -0.39 is 5.97 Å². The molecule has 0 radical (unpaired) electrons. The van der Waals surface area contributed by atoms with E-state index in [0.717, 1.165) is 5.56 Å². The van der Waals surface area contributed by atoms with Crippen molar-refractivity contribution in [1.29, 1.82) is 0 Å². The number of aromatic nitrogens is 1. The number of anilines is 1. The maximum absolute atomic E-state index is 13.3. The molecule has 0 aliphatic carbocycles. The quantitative estimate of drug-likeness (QED) is 0.492. The van der Waals surface area contributed by atoms with Crippen LogP contribution in [0.5, 0.6) is 0 Å². The third-order valence-corrected chi connectivity index (χ3v) is 4.75. The summed E-state index contributed by atoms with van der Waals surface area (Å²) in [5.74, 6) is -0.720. The number of amides is 1. The average Bonchev–Trinajstić information content (AvgIpc) is 2.74. The Morgan fingerprint density at radius 1 is 1.00 bits per heavy atom. The molecule has 1 aromatic heterocycles. The molecule has 1 heterocycles. The van der Waals surface area contributed by atoms with Crippen LogP contribution in [0.1, 0.15) is 33.2 Å². The number of pyridine rings is 1. The number of halogens is 2. The zero-order chi connectivity index (χ0) is 20.8. The average molecular weight is 429 g/mol. The molecule has 3 aromatic rings. The predicted molar refractivity (Wildman–Crippen MR) is 114 cm³/mol. The summed E-state index contributed by atoms with van der Waals surface area (Å²) in [6.45, 7) is 2.33. The zero-order valence-corrected chi connectivity index (χ0v) is 17.2. The number of benzene rings is 2. The van der Waals surface area contributed by atoms with Crippen molar-refractivity contribution in [2.75, 3.05) is 11.5 Å². The molecule has 3 rings (SSSR count). The monoisotopic (exact) mass is 428 g/mol. The van der Waals surface area contributed by atoms with E-state index in [1.165, 1.54) is 0 Å². The lowest BCUT2D eigenvalue weighted by Crippen LogP contribution is -2.30. The van der Waals surface area contributed by atoms with E-state index in [1.54, 1.807) is 66.7 Å². The fourth-order valence-corrected chi connectivity index (χ4v) is 3.12. The maximum atomic E-state index is 13.3. The highest BCUT2D eigenvalue weighted by Gasteiger charge is 2.21. The highest BCUT2D eigenvalue weighted by atomic mass is 35.5. The van der Waals surface area contributed by atoms with Gasteiger partial charge in [0.15, 0.2) is 0 Å². The van der Waals surface area contributed by atoms with Crippen molar-refractivity contribution in [1.82, 2.24) is 4.98 Å². The van der Waals surface area contributed by atoms with E-state index >= 15 is 0 Å². The second-order valence-corrected chi connectivity index (χ2v) is 6.98.